The van der Waals surface area contributed by atoms with Crippen molar-refractivity contribution < 1.29 is 17.6 Å². The maximum Gasteiger partial charge on any atom is 0.241 e. The molecule has 2 aromatic rings. The fourth-order valence-electron chi connectivity index (χ4n) is 2.31. The molecule has 1 amide bonds. The van der Waals surface area contributed by atoms with Crippen LogP contribution in [0.4, 0.5) is 10.1 Å². The van der Waals surface area contributed by atoms with Gasteiger partial charge in [0.05, 0.1) is 11.9 Å². The summed E-state index contributed by atoms with van der Waals surface area (Å²) < 4.78 is 38.3. The van der Waals surface area contributed by atoms with Gasteiger partial charge in [0, 0.05) is 11.6 Å². The number of aryl methyl sites for hydroxylation is 1. The van der Waals surface area contributed by atoms with E-state index in [1.165, 1.54) is 18.2 Å². The minimum absolute atomic E-state index is 0.105. The molecule has 0 fully saturated rings. The molecule has 0 aliphatic rings. The Morgan fingerprint density at radius 2 is 1.96 bits per heavy atom. The molecule has 134 valence electrons. The van der Waals surface area contributed by atoms with Crippen molar-refractivity contribution in [2.24, 2.45) is 0 Å². The van der Waals surface area contributed by atoms with Crippen molar-refractivity contribution in [3.63, 3.8) is 0 Å². The van der Waals surface area contributed by atoms with Crippen LogP contribution >= 0.6 is 11.6 Å². The van der Waals surface area contributed by atoms with Crippen LogP contribution in [0, 0.1) is 12.7 Å². The smallest absolute Gasteiger partial charge is 0.241 e. The van der Waals surface area contributed by atoms with Crippen molar-refractivity contribution >= 4 is 33.2 Å². The van der Waals surface area contributed by atoms with Crippen LogP contribution in [0.1, 0.15) is 11.1 Å². The molecule has 0 aliphatic carbocycles. The lowest BCUT2D eigenvalue weighted by molar-refractivity contribution is -0.119. The Morgan fingerprint density at radius 1 is 1.24 bits per heavy atom. The Labute approximate surface area is 151 Å². The molecule has 0 atom stereocenters. The topological polar surface area (TPSA) is 66.5 Å². The van der Waals surface area contributed by atoms with E-state index < -0.39 is 21.7 Å². The van der Waals surface area contributed by atoms with Gasteiger partial charge in [-0.25, -0.2) is 12.8 Å². The first-order valence-electron chi connectivity index (χ1n) is 7.42. The Kier molecular flexibility index (Phi) is 6.02. The van der Waals surface area contributed by atoms with Crippen molar-refractivity contribution in [2.45, 2.75) is 13.5 Å². The Bertz CT molecular complexity index is 887. The van der Waals surface area contributed by atoms with Crippen LogP contribution in [0.25, 0.3) is 0 Å². The predicted molar refractivity (Wildman–Crippen MR) is 96.6 cm³/mol. The van der Waals surface area contributed by atoms with Crippen LogP contribution < -0.4 is 9.62 Å². The van der Waals surface area contributed by atoms with Crippen LogP contribution in [-0.2, 0) is 21.4 Å². The van der Waals surface area contributed by atoms with Gasteiger partial charge in [-0.05, 0) is 48.4 Å². The monoisotopic (exact) mass is 384 g/mol. The fraction of sp³-hybridized carbons (Fsp3) is 0.235. The number of nitrogens with one attached hydrogen (secondary N) is 1. The van der Waals surface area contributed by atoms with Gasteiger partial charge in [-0.1, -0.05) is 23.7 Å². The molecule has 25 heavy (non-hydrogen) atoms. The Balaban J connectivity index is 2.13. The highest BCUT2D eigenvalue weighted by Crippen LogP contribution is 2.25. The zero-order valence-corrected chi connectivity index (χ0v) is 15.4. The Morgan fingerprint density at radius 3 is 2.56 bits per heavy atom. The summed E-state index contributed by atoms with van der Waals surface area (Å²) in [4.78, 5) is 12.2. The van der Waals surface area contributed by atoms with Gasteiger partial charge in [-0.3, -0.25) is 9.10 Å². The van der Waals surface area contributed by atoms with Crippen molar-refractivity contribution in [3.05, 3.63) is 64.4 Å². The molecule has 2 aromatic carbocycles. The number of hydrogen-bond acceptors (Lipinski definition) is 3. The molecule has 0 saturated carbocycles. The van der Waals surface area contributed by atoms with Gasteiger partial charge >= 0.3 is 0 Å². The molecule has 0 aliphatic heterocycles. The van der Waals surface area contributed by atoms with Gasteiger partial charge in [0.25, 0.3) is 0 Å². The van der Waals surface area contributed by atoms with Crippen LogP contribution in [0.15, 0.2) is 42.5 Å². The third-order valence-electron chi connectivity index (χ3n) is 3.49. The van der Waals surface area contributed by atoms with Crippen LogP contribution in [0.5, 0.6) is 0 Å². The molecule has 2 rings (SSSR count). The minimum atomic E-state index is -3.67. The molecule has 5 nitrogen and oxygen atoms in total. The highest BCUT2D eigenvalue weighted by molar-refractivity contribution is 7.92. The lowest BCUT2D eigenvalue weighted by Gasteiger charge is -2.23. The molecule has 0 aromatic heterocycles. The van der Waals surface area contributed by atoms with E-state index in [1.807, 2.05) is 0 Å². The predicted octanol–water partition coefficient (Wildman–Crippen LogP) is 2.87. The number of sulfonamides is 1. The molecule has 1 N–H and O–H groups in total. The van der Waals surface area contributed by atoms with E-state index in [4.69, 9.17) is 11.6 Å². The van der Waals surface area contributed by atoms with Crippen LogP contribution in [-0.4, -0.2) is 27.1 Å². The minimum Gasteiger partial charge on any atom is -0.350 e. The number of benzene rings is 2. The SMILES string of the molecule is Cc1cc(Cl)ccc1N(CC(=O)NCc1cccc(F)c1)S(C)(=O)=O. The van der Waals surface area contributed by atoms with Crippen molar-refractivity contribution in [2.75, 3.05) is 17.1 Å². The maximum absolute atomic E-state index is 13.1. The van der Waals surface area contributed by atoms with E-state index >= 15 is 0 Å². The molecule has 0 spiro atoms. The number of nitrogens with zero attached hydrogens (tertiary/aromatic N) is 1. The number of carbonyl (C=O) groups is 1. The molecular formula is C17H18ClFN2O3S. The normalized spacial score (nSPS) is 11.2. The summed E-state index contributed by atoms with van der Waals surface area (Å²) in [5, 5.41) is 3.07. The van der Waals surface area contributed by atoms with Crippen LogP contribution in [0.2, 0.25) is 5.02 Å². The molecule has 0 radical (unpaired) electrons. The van der Waals surface area contributed by atoms with Gasteiger partial charge in [0.15, 0.2) is 0 Å². The summed E-state index contributed by atoms with van der Waals surface area (Å²) in [6.45, 7) is 1.44. The highest BCUT2D eigenvalue weighted by Gasteiger charge is 2.22. The summed E-state index contributed by atoms with van der Waals surface area (Å²) in [6, 6.07) is 10.6. The summed E-state index contributed by atoms with van der Waals surface area (Å²) in [5.41, 5.74) is 1.60. The number of carbonyl (C=O) groups excluding carboxylic acids is 1. The third-order valence-corrected chi connectivity index (χ3v) is 4.86. The lowest BCUT2D eigenvalue weighted by atomic mass is 10.2. The molecular weight excluding hydrogens is 367 g/mol. The van der Waals surface area contributed by atoms with E-state index in [0.29, 0.717) is 21.8 Å². The zero-order chi connectivity index (χ0) is 18.6. The van der Waals surface area contributed by atoms with Crippen molar-refractivity contribution in [1.29, 1.82) is 0 Å². The van der Waals surface area contributed by atoms with Crippen molar-refractivity contribution in [1.82, 2.24) is 5.32 Å². The molecule has 0 unspecified atom stereocenters. The van der Waals surface area contributed by atoms with E-state index in [9.17, 15) is 17.6 Å². The average molecular weight is 385 g/mol. The van der Waals surface area contributed by atoms with E-state index in [-0.39, 0.29) is 13.1 Å². The average Bonchev–Trinajstić information content (AvgIpc) is 2.50. The maximum atomic E-state index is 13.1. The second-order valence-electron chi connectivity index (χ2n) is 5.61. The van der Waals surface area contributed by atoms with Gasteiger partial charge < -0.3 is 5.32 Å². The zero-order valence-electron chi connectivity index (χ0n) is 13.8. The van der Waals surface area contributed by atoms with Gasteiger partial charge in [-0.2, -0.15) is 0 Å². The van der Waals surface area contributed by atoms with E-state index in [1.54, 1.807) is 31.2 Å². The highest BCUT2D eigenvalue weighted by atomic mass is 35.5. The number of halogens is 2. The lowest BCUT2D eigenvalue weighted by Crippen LogP contribution is -2.40. The number of amides is 1. The number of rotatable bonds is 6. The van der Waals surface area contributed by atoms with Crippen molar-refractivity contribution in [3.8, 4) is 0 Å². The second kappa shape index (κ2) is 7.84. The number of anilines is 1. The standard InChI is InChI=1S/C17H18ClFN2O3S/c1-12-8-14(18)6-7-16(12)21(25(2,23)24)11-17(22)20-10-13-4-3-5-15(19)9-13/h3-9H,10-11H2,1-2H3,(H,20,22). The molecule has 0 heterocycles. The van der Waals surface area contributed by atoms with Gasteiger partial charge in [-0.15, -0.1) is 0 Å². The Hall–Kier alpha value is -2.12. The van der Waals surface area contributed by atoms with E-state index in [0.717, 1.165) is 10.6 Å². The fourth-order valence-corrected chi connectivity index (χ4v) is 3.45. The largest absolute Gasteiger partial charge is 0.350 e. The van der Waals surface area contributed by atoms with Crippen LogP contribution in [0.3, 0.4) is 0 Å². The molecule has 0 bridgehead atoms. The summed E-state index contributed by atoms with van der Waals surface area (Å²) >= 11 is 5.89. The molecule has 0 saturated heterocycles. The summed E-state index contributed by atoms with van der Waals surface area (Å²) in [7, 11) is -3.67. The quantitative estimate of drug-likeness (QED) is 0.832. The summed E-state index contributed by atoms with van der Waals surface area (Å²) in [5.74, 6) is -0.898. The second-order valence-corrected chi connectivity index (χ2v) is 7.95. The van der Waals surface area contributed by atoms with Gasteiger partial charge in [0.2, 0.25) is 15.9 Å². The number of hydrogen-bond donors (Lipinski definition) is 1. The molecule has 8 heteroatoms. The summed E-state index contributed by atoms with van der Waals surface area (Å²) in [6.07, 6.45) is 1.03. The van der Waals surface area contributed by atoms with E-state index in [2.05, 4.69) is 5.32 Å². The first kappa shape index (κ1) is 19.2. The first-order valence-corrected chi connectivity index (χ1v) is 9.64. The van der Waals surface area contributed by atoms with Gasteiger partial charge in [0.1, 0.15) is 12.4 Å². The first-order chi connectivity index (χ1) is 11.7. The third kappa shape index (κ3) is 5.44.